The number of hydrogen-bond acceptors (Lipinski definition) is 4. The molecule has 1 aliphatic heterocycles. The molecule has 3 aromatic heterocycles. The molecule has 1 saturated heterocycles. The lowest BCUT2D eigenvalue weighted by Crippen LogP contribution is -2.43. The van der Waals surface area contributed by atoms with Gasteiger partial charge >= 0.3 is 0 Å². The van der Waals surface area contributed by atoms with Gasteiger partial charge in [0.05, 0.1) is 17.0 Å². The highest BCUT2D eigenvalue weighted by molar-refractivity contribution is 5.84. The monoisotopic (exact) mass is 351 g/mol. The van der Waals surface area contributed by atoms with Crippen LogP contribution in [-0.4, -0.2) is 39.9 Å². The van der Waals surface area contributed by atoms with Crippen LogP contribution in [0.15, 0.2) is 36.7 Å². The minimum absolute atomic E-state index is 0.0249. The van der Waals surface area contributed by atoms with Crippen LogP contribution in [-0.2, 0) is 4.79 Å². The number of carbonyl (C=O) groups is 1. The normalized spacial score (nSPS) is 17.7. The first-order chi connectivity index (χ1) is 12.8. The topological polar surface area (TPSA) is 62.5 Å². The Morgan fingerprint density at radius 3 is 3.08 bits per heavy atom. The van der Waals surface area contributed by atoms with Gasteiger partial charge in [0.15, 0.2) is 11.5 Å². The van der Waals surface area contributed by atoms with Gasteiger partial charge < -0.3 is 14.6 Å². The molecule has 1 amide bonds. The van der Waals surface area contributed by atoms with Gasteiger partial charge in [0, 0.05) is 32.0 Å². The Kier molecular flexibility index (Phi) is 4.73. The fourth-order valence-electron chi connectivity index (χ4n) is 3.74. The Morgan fingerprint density at radius 2 is 2.19 bits per heavy atom. The number of unbranched alkanes of at least 4 members (excludes halogenated alkanes) is 1. The van der Waals surface area contributed by atoms with E-state index in [9.17, 15) is 4.79 Å². The third-order valence-electron chi connectivity index (χ3n) is 5.14. The van der Waals surface area contributed by atoms with Gasteiger partial charge in [-0.3, -0.25) is 4.79 Å². The quantitative estimate of drug-likeness (QED) is 0.718. The second-order valence-electron chi connectivity index (χ2n) is 6.97. The zero-order chi connectivity index (χ0) is 17.9. The molecule has 0 spiro atoms. The van der Waals surface area contributed by atoms with E-state index in [0.29, 0.717) is 6.54 Å². The van der Waals surface area contributed by atoms with Crippen molar-refractivity contribution in [2.45, 2.75) is 32.6 Å². The Labute approximate surface area is 153 Å². The van der Waals surface area contributed by atoms with Crippen LogP contribution in [0, 0.1) is 5.92 Å². The molecule has 26 heavy (non-hydrogen) atoms. The van der Waals surface area contributed by atoms with E-state index in [1.54, 1.807) is 6.20 Å². The molecule has 1 aliphatic rings. The number of fused-ring (bicyclic) bond motifs is 3. The highest BCUT2D eigenvalue weighted by atomic mass is 16.1. The maximum absolute atomic E-state index is 12.5. The summed E-state index contributed by atoms with van der Waals surface area (Å²) in [5, 5.41) is 3.08. The zero-order valence-electron chi connectivity index (χ0n) is 15.2. The fraction of sp³-hybridized carbons (Fsp3) is 0.450. The molecule has 136 valence electrons. The first-order valence-electron chi connectivity index (χ1n) is 9.52. The zero-order valence-corrected chi connectivity index (χ0v) is 15.2. The summed E-state index contributed by atoms with van der Waals surface area (Å²) in [4.78, 5) is 24.0. The van der Waals surface area contributed by atoms with E-state index in [1.165, 1.54) is 0 Å². The van der Waals surface area contributed by atoms with Crippen molar-refractivity contribution < 1.29 is 4.79 Å². The van der Waals surface area contributed by atoms with Gasteiger partial charge in [0.25, 0.3) is 0 Å². The van der Waals surface area contributed by atoms with Crippen LogP contribution in [0.2, 0.25) is 0 Å². The highest BCUT2D eigenvalue weighted by Crippen LogP contribution is 2.28. The average molecular weight is 351 g/mol. The number of hydrogen-bond donors (Lipinski definition) is 1. The van der Waals surface area contributed by atoms with E-state index in [4.69, 9.17) is 4.98 Å². The van der Waals surface area contributed by atoms with Crippen molar-refractivity contribution in [2.75, 3.05) is 24.5 Å². The first-order valence-corrected chi connectivity index (χ1v) is 9.52. The Morgan fingerprint density at radius 1 is 1.31 bits per heavy atom. The van der Waals surface area contributed by atoms with Crippen LogP contribution < -0.4 is 10.2 Å². The summed E-state index contributed by atoms with van der Waals surface area (Å²) >= 11 is 0. The van der Waals surface area contributed by atoms with Crippen molar-refractivity contribution in [1.82, 2.24) is 19.7 Å². The minimum atomic E-state index is 0.0249. The van der Waals surface area contributed by atoms with Gasteiger partial charge in [-0.2, -0.15) is 0 Å². The van der Waals surface area contributed by atoms with Crippen molar-refractivity contribution in [1.29, 1.82) is 0 Å². The number of pyridine rings is 1. The van der Waals surface area contributed by atoms with Gasteiger partial charge in [-0.05, 0) is 43.5 Å². The van der Waals surface area contributed by atoms with E-state index < -0.39 is 0 Å². The lowest BCUT2D eigenvalue weighted by molar-refractivity contribution is -0.125. The van der Waals surface area contributed by atoms with Crippen molar-refractivity contribution in [2.24, 2.45) is 5.92 Å². The molecule has 4 heterocycles. The minimum Gasteiger partial charge on any atom is -0.356 e. The number of nitrogens with one attached hydrogen (secondary N) is 1. The van der Waals surface area contributed by atoms with Crippen LogP contribution in [0.3, 0.4) is 0 Å². The summed E-state index contributed by atoms with van der Waals surface area (Å²) in [6, 6.07) is 8.08. The predicted octanol–water partition coefficient (Wildman–Crippen LogP) is 3.02. The van der Waals surface area contributed by atoms with E-state index >= 15 is 0 Å². The van der Waals surface area contributed by atoms with Gasteiger partial charge in [0.2, 0.25) is 5.91 Å². The lowest BCUT2D eigenvalue weighted by atomic mass is 9.97. The standard InChI is InChI=1S/C20H25N5O/c1-2-3-10-22-20(26)15-7-5-12-24(14-15)19-17-9-6-13-25(17)16-8-4-11-21-18(16)23-19/h4,6,8-9,11,13,15H,2-3,5,7,10,12,14H2,1H3,(H,22,26)/t15-/m0/s1. The summed E-state index contributed by atoms with van der Waals surface area (Å²) < 4.78 is 2.13. The van der Waals surface area contributed by atoms with E-state index in [-0.39, 0.29) is 11.8 Å². The number of rotatable bonds is 5. The SMILES string of the molecule is CCCCNC(=O)[C@H]1CCCN(c2nc3ncccc3n3cccc23)C1. The molecule has 0 saturated carbocycles. The number of aromatic nitrogens is 3. The number of carbonyl (C=O) groups excluding carboxylic acids is 1. The molecular formula is C20H25N5O. The van der Waals surface area contributed by atoms with Gasteiger partial charge in [0.1, 0.15) is 0 Å². The summed E-state index contributed by atoms with van der Waals surface area (Å²) in [5.74, 6) is 1.12. The number of nitrogens with zero attached hydrogens (tertiary/aromatic N) is 4. The number of anilines is 1. The second-order valence-corrected chi connectivity index (χ2v) is 6.97. The molecular weight excluding hydrogens is 326 g/mol. The van der Waals surface area contributed by atoms with Crippen LogP contribution in [0.1, 0.15) is 32.6 Å². The van der Waals surface area contributed by atoms with Gasteiger partial charge in [-0.1, -0.05) is 13.3 Å². The third kappa shape index (κ3) is 3.11. The first kappa shape index (κ1) is 16.8. The molecule has 4 rings (SSSR count). The molecule has 6 heteroatoms. The van der Waals surface area contributed by atoms with Gasteiger partial charge in [-0.25, -0.2) is 9.97 Å². The van der Waals surface area contributed by atoms with Crippen molar-refractivity contribution in [3.05, 3.63) is 36.7 Å². The molecule has 6 nitrogen and oxygen atoms in total. The van der Waals surface area contributed by atoms with E-state index in [1.807, 2.05) is 24.4 Å². The Bertz CT molecular complexity index is 919. The maximum Gasteiger partial charge on any atom is 0.224 e. The summed E-state index contributed by atoms with van der Waals surface area (Å²) in [6.07, 6.45) is 7.89. The van der Waals surface area contributed by atoms with Crippen LogP contribution in [0.25, 0.3) is 16.7 Å². The molecule has 1 N–H and O–H groups in total. The van der Waals surface area contributed by atoms with Crippen molar-refractivity contribution >= 4 is 28.4 Å². The molecule has 0 radical (unpaired) electrons. The maximum atomic E-state index is 12.5. The second kappa shape index (κ2) is 7.32. The van der Waals surface area contributed by atoms with Gasteiger partial charge in [-0.15, -0.1) is 0 Å². The molecule has 0 bridgehead atoms. The molecule has 3 aromatic rings. The smallest absolute Gasteiger partial charge is 0.224 e. The number of amides is 1. The fourth-order valence-corrected chi connectivity index (χ4v) is 3.74. The summed E-state index contributed by atoms with van der Waals surface area (Å²) in [7, 11) is 0. The van der Waals surface area contributed by atoms with E-state index in [2.05, 4.69) is 32.6 Å². The molecule has 0 aliphatic carbocycles. The Balaban J connectivity index is 1.62. The molecule has 0 aromatic carbocycles. The average Bonchev–Trinajstić information content (AvgIpc) is 3.18. The molecule has 1 fully saturated rings. The molecule has 1 atom stereocenters. The van der Waals surface area contributed by atoms with Crippen LogP contribution >= 0.6 is 0 Å². The molecule has 0 unspecified atom stereocenters. The third-order valence-corrected chi connectivity index (χ3v) is 5.14. The van der Waals surface area contributed by atoms with E-state index in [0.717, 1.165) is 61.3 Å². The Hall–Kier alpha value is -2.63. The highest BCUT2D eigenvalue weighted by Gasteiger charge is 2.27. The predicted molar refractivity (Wildman–Crippen MR) is 103 cm³/mol. The van der Waals surface area contributed by atoms with Crippen LogP contribution in [0.4, 0.5) is 5.82 Å². The van der Waals surface area contributed by atoms with Crippen LogP contribution in [0.5, 0.6) is 0 Å². The summed E-state index contributed by atoms with van der Waals surface area (Å²) in [5.41, 5.74) is 2.81. The van der Waals surface area contributed by atoms with Crippen molar-refractivity contribution in [3.63, 3.8) is 0 Å². The lowest BCUT2D eigenvalue weighted by Gasteiger charge is -2.33. The largest absolute Gasteiger partial charge is 0.356 e. The summed E-state index contributed by atoms with van der Waals surface area (Å²) in [6.45, 7) is 4.54. The number of piperidine rings is 1. The van der Waals surface area contributed by atoms with Crippen molar-refractivity contribution in [3.8, 4) is 0 Å².